The number of ether oxygens (including phenoxy) is 2. The van der Waals surface area contributed by atoms with E-state index in [1.165, 1.54) is 39.9 Å². The van der Waals surface area contributed by atoms with Gasteiger partial charge in [0, 0.05) is 11.1 Å². The first-order valence-electron chi connectivity index (χ1n) is 9.35. The Labute approximate surface area is 179 Å². The first-order valence-corrected chi connectivity index (χ1v) is 10.5. The van der Waals surface area contributed by atoms with Gasteiger partial charge < -0.3 is 20.5 Å². The number of hydrogen-bond donors (Lipinski definition) is 2. The van der Waals surface area contributed by atoms with Crippen molar-refractivity contribution in [3.05, 3.63) is 47.0 Å². The Kier molecular flexibility index (Phi) is 7.17. The molecule has 0 spiro atoms. The summed E-state index contributed by atoms with van der Waals surface area (Å²) in [4.78, 5) is 15.6. The zero-order chi connectivity index (χ0) is 20.8. The standard InChI is InChI=1S/C12H13ClN2S.C9H11NO3/c13-8-5-6-10-11(7-8)16-12(15-10)14-9-3-1-2-4-9;1-12-6-4-3-5-7(13-2)8(6)9(10)11/h5-7,9H,1-4H2,(H,14,15);3-5H,1-2H3,(H2,10,11). The van der Waals surface area contributed by atoms with Crippen LogP contribution in [-0.4, -0.2) is 31.2 Å². The lowest BCUT2D eigenvalue weighted by atomic mass is 10.1. The van der Waals surface area contributed by atoms with Crippen molar-refractivity contribution < 1.29 is 14.3 Å². The molecule has 1 amide bonds. The summed E-state index contributed by atoms with van der Waals surface area (Å²) in [6.45, 7) is 0. The molecule has 4 rings (SSSR count). The highest BCUT2D eigenvalue weighted by Gasteiger charge is 2.16. The highest BCUT2D eigenvalue weighted by Crippen LogP contribution is 2.31. The van der Waals surface area contributed by atoms with Crippen molar-refractivity contribution in [1.29, 1.82) is 0 Å². The number of carbonyl (C=O) groups excluding carboxylic acids is 1. The lowest BCUT2D eigenvalue weighted by Crippen LogP contribution is -2.13. The van der Waals surface area contributed by atoms with E-state index in [4.69, 9.17) is 26.8 Å². The van der Waals surface area contributed by atoms with Gasteiger partial charge >= 0.3 is 0 Å². The van der Waals surface area contributed by atoms with E-state index in [0.717, 1.165) is 20.4 Å². The maximum atomic E-state index is 11.0. The smallest absolute Gasteiger partial charge is 0.256 e. The van der Waals surface area contributed by atoms with Gasteiger partial charge in [0.15, 0.2) is 5.13 Å². The van der Waals surface area contributed by atoms with Crippen molar-refractivity contribution in [1.82, 2.24) is 4.98 Å². The number of thiazole rings is 1. The van der Waals surface area contributed by atoms with Gasteiger partial charge in [-0.15, -0.1) is 0 Å². The summed E-state index contributed by atoms with van der Waals surface area (Å²) < 4.78 is 11.1. The van der Waals surface area contributed by atoms with E-state index < -0.39 is 5.91 Å². The molecular weight excluding hydrogens is 410 g/mol. The molecule has 0 unspecified atom stereocenters. The van der Waals surface area contributed by atoms with Crippen LogP contribution in [0.4, 0.5) is 5.13 Å². The molecule has 6 nitrogen and oxygen atoms in total. The number of aromatic nitrogens is 1. The van der Waals surface area contributed by atoms with Gasteiger partial charge in [0.05, 0.1) is 24.4 Å². The largest absolute Gasteiger partial charge is 0.496 e. The summed E-state index contributed by atoms with van der Waals surface area (Å²) in [7, 11) is 2.95. The van der Waals surface area contributed by atoms with Crippen LogP contribution in [0.15, 0.2) is 36.4 Å². The molecule has 1 heterocycles. The molecule has 2 aromatic carbocycles. The van der Waals surface area contributed by atoms with Crippen molar-refractivity contribution in [3.8, 4) is 11.5 Å². The van der Waals surface area contributed by atoms with Gasteiger partial charge in [-0.25, -0.2) is 4.98 Å². The fourth-order valence-corrected chi connectivity index (χ4v) is 4.52. The minimum Gasteiger partial charge on any atom is -0.496 e. The van der Waals surface area contributed by atoms with Crippen LogP contribution in [0.2, 0.25) is 5.02 Å². The zero-order valence-electron chi connectivity index (χ0n) is 16.4. The molecule has 0 aliphatic heterocycles. The first kappa shape index (κ1) is 21.2. The fourth-order valence-electron chi connectivity index (χ4n) is 3.30. The summed E-state index contributed by atoms with van der Waals surface area (Å²) >= 11 is 7.65. The van der Waals surface area contributed by atoms with E-state index >= 15 is 0 Å². The molecule has 29 heavy (non-hydrogen) atoms. The van der Waals surface area contributed by atoms with Crippen LogP contribution in [0.1, 0.15) is 36.0 Å². The number of nitrogens with one attached hydrogen (secondary N) is 1. The zero-order valence-corrected chi connectivity index (χ0v) is 18.0. The van der Waals surface area contributed by atoms with Crippen LogP contribution in [0.5, 0.6) is 11.5 Å². The van der Waals surface area contributed by atoms with E-state index in [2.05, 4.69) is 10.3 Å². The summed E-state index contributed by atoms with van der Waals surface area (Å²) in [5.74, 6) is 0.285. The Morgan fingerprint density at radius 2 is 1.83 bits per heavy atom. The predicted octanol–water partition coefficient (Wildman–Crippen LogP) is 5.11. The Hall–Kier alpha value is -2.51. The lowest BCUT2D eigenvalue weighted by Gasteiger charge is -2.09. The Morgan fingerprint density at radius 1 is 1.17 bits per heavy atom. The molecule has 0 atom stereocenters. The molecule has 0 saturated heterocycles. The van der Waals surface area contributed by atoms with Crippen molar-refractivity contribution in [2.24, 2.45) is 5.73 Å². The minimum absolute atomic E-state index is 0.271. The molecule has 154 valence electrons. The molecule has 3 aromatic rings. The topological polar surface area (TPSA) is 86.5 Å². The van der Waals surface area contributed by atoms with Gasteiger partial charge in [-0.2, -0.15) is 0 Å². The SMILES string of the molecule is COc1cccc(OC)c1C(N)=O.Clc1ccc2nc(NC3CCCC3)sc2c1. The number of fused-ring (bicyclic) bond motifs is 1. The van der Waals surface area contributed by atoms with Crippen LogP contribution in [0.25, 0.3) is 10.2 Å². The minimum atomic E-state index is -0.561. The average Bonchev–Trinajstić information content (AvgIpc) is 3.36. The second-order valence-corrected chi connectivity index (χ2v) is 8.13. The quantitative estimate of drug-likeness (QED) is 0.584. The number of nitrogens with two attached hydrogens (primary N) is 1. The number of hydrogen-bond acceptors (Lipinski definition) is 6. The molecule has 1 fully saturated rings. The number of halogens is 1. The Bertz CT molecular complexity index is 964. The highest BCUT2D eigenvalue weighted by molar-refractivity contribution is 7.22. The van der Waals surface area contributed by atoms with E-state index in [0.29, 0.717) is 17.5 Å². The van der Waals surface area contributed by atoms with Crippen molar-refractivity contribution in [2.75, 3.05) is 19.5 Å². The highest BCUT2D eigenvalue weighted by atomic mass is 35.5. The number of anilines is 1. The van der Waals surface area contributed by atoms with E-state index in [1.54, 1.807) is 29.5 Å². The predicted molar refractivity (Wildman–Crippen MR) is 119 cm³/mol. The molecule has 1 aliphatic carbocycles. The van der Waals surface area contributed by atoms with Crippen molar-refractivity contribution in [2.45, 2.75) is 31.7 Å². The van der Waals surface area contributed by atoms with Crippen LogP contribution >= 0.6 is 22.9 Å². The molecular formula is C21H24ClN3O3S. The summed E-state index contributed by atoms with van der Waals surface area (Å²) in [6, 6.07) is 11.5. The number of methoxy groups -OCH3 is 2. The summed E-state index contributed by atoms with van der Waals surface area (Å²) in [5, 5.41) is 5.33. The number of benzene rings is 2. The fraction of sp³-hybridized carbons (Fsp3) is 0.333. The molecule has 1 aliphatic rings. The Morgan fingerprint density at radius 3 is 2.41 bits per heavy atom. The van der Waals surface area contributed by atoms with Gasteiger partial charge in [-0.1, -0.05) is 41.8 Å². The summed E-state index contributed by atoms with van der Waals surface area (Å²) in [6.07, 6.45) is 5.23. The van der Waals surface area contributed by atoms with Crippen LogP contribution in [-0.2, 0) is 0 Å². The third-order valence-electron chi connectivity index (χ3n) is 4.71. The van der Waals surface area contributed by atoms with Gasteiger partial charge in [0.2, 0.25) is 0 Å². The van der Waals surface area contributed by atoms with Crippen molar-refractivity contribution >= 4 is 44.2 Å². The maximum absolute atomic E-state index is 11.0. The second-order valence-electron chi connectivity index (χ2n) is 6.66. The van der Waals surface area contributed by atoms with Crippen molar-refractivity contribution in [3.63, 3.8) is 0 Å². The third-order valence-corrected chi connectivity index (χ3v) is 5.89. The van der Waals surface area contributed by atoms with Gasteiger partial charge in [-0.3, -0.25) is 4.79 Å². The third kappa shape index (κ3) is 5.31. The van der Waals surface area contributed by atoms with Gasteiger partial charge in [0.25, 0.3) is 5.91 Å². The normalized spacial score (nSPS) is 13.6. The molecule has 8 heteroatoms. The van der Waals surface area contributed by atoms with Crippen LogP contribution in [0, 0.1) is 0 Å². The number of carbonyl (C=O) groups is 1. The monoisotopic (exact) mass is 433 g/mol. The first-order chi connectivity index (χ1) is 14.0. The van der Waals surface area contributed by atoms with Gasteiger partial charge in [-0.05, 0) is 43.2 Å². The average molecular weight is 434 g/mol. The number of rotatable bonds is 5. The molecule has 1 saturated carbocycles. The maximum Gasteiger partial charge on any atom is 0.256 e. The lowest BCUT2D eigenvalue weighted by molar-refractivity contribution is 0.0994. The molecule has 0 bridgehead atoms. The van der Waals surface area contributed by atoms with Crippen LogP contribution in [0.3, 0.4) is 0 Å². The Balaban J connectivity index is 0.000000170. The van der Waals surface area contributed by atoms with E-state index in [9.17, 15) is 4.79 Å². The summed E-state index contributed by atoms with van der Waals surface area (Å²) in [5.41, 5.74) is 6.48. The molecule has 0 radical (unpaired) electrons. The van der Waals surface area contributed by atoms with Gasteiger partial charge in [0.1, 0.15) is 17.1 Å². The number of primary amides is 1. The second kappa shape index (κ2) is 9.80. The molecule has 3 N–H and O–H groups in total. The molecule has 1 aromatic heterocycles. The number of amides is 1. The van der Waals surface area contributed by atoms with Crippen LogP contribution < -0.4 is 20.5 Å². The number of nitrogens with zero attached hydrogens (tertiary/aromatic N) is 1. The van der Waals surface area contributed by atoms with E-state index in [1.807, 2.05) is 18.2 Å². The van der Waals surface area contributed by atoms with E-state index in [-0.39, 0.29) is 5.56 Å².